The maximum atomic E-state index is 13.9. The van der Waals surface area contributed by atoms with Crippen molar-refractivity contribution in [3.63, 3.8) is 0 Å². The van der Waals surface area contributed by atoms with E-state index < -0.39 is 5.67 Å². The molecule has 0 amide bonds. The lowest BCUT2D eigenvalue weighted by molar-refractivity contribution is 0.310. The molecule has 3 nitrogen and oxygen atoms in total. The Hall–Kier alpha value is -1.58. The second-order valence-electron chi connectivity index (χ2n) is 4.41. The fourth-order valence-electron chi connectivity index (χ4n) is 1.93. The molecule has 2 aromatic rings. The number of alkyl halides is 1. The standard InChI is InChI=1S/C12H13FN2O/c1-8-5-9(16-2)11-14-10(7-15(11)6-8)12(13)3-4-12/h5-7H,3-4H2,1-2H3. The van der Waals surface area contributed by atoms with Gasteiger partial charge in [-0.3, -0.25) is 0 Å². The second-order valence-corrected chi connectivity index (χ2v) is 4.41. The Morgan fingerprint density at radius 3 is 2.81 bits per heavy atom. The lowest BCUT2D eigenvalue weighted by Crippen LogP contribution is -1.96. The molecule has 4 heteroatoms. The van der Waals surface area contributed by atoms with Crippen molar-refractivity contribution in [1.29, 1.82) is 0 Å². The highest BCUT2D eigenvalue weighted by Gasteiger charge is 2.47. The quantitative estimate of drug-likeness (QED) is 0.777. The van der Waals surface area contributed by atoms with Crippen LogP contribution in [0.2, 0.25) is 0 Å². The molecule has 0 unspecified atom stereocenters. The maximum absolute atomic E-state index is 13.9. The number of nitrogens with zero attached hydrogens (tertiary/aromatic N) is 2. The van der Waals surface area contributed by atoms with Crippen LogP contribution in [0.15, 0.2) is 18.5 Å². The van der Waals surface area contributed by atoms with Gasteiger partial charge in [0, 0.05) is 12.4 Å². The first-order valence-electron chi connectivity index (χ1n) is 5.35. The van der Waals surface area contributed by atoms with Gasteiger partial charge in [-0.1, -0.05) is 0 Å². The molecule has 1 aliphatic rings. The summed E-state index contributed by atoms with van der Waals surface area (Å²) in [4.78, 5) is 4.32. The van der Waals surface area contributed by atoms with Crippen molar-refractivity contribution in [2.45, 2.75) is 25.4 Å². The van der Waals surface area contributed by atoms with Crippen LogP contribution >= 0.6 is 0 Å². The van der Waals surface area contributed by atoms with Crippen molar-refractivity contribution >= 4 is 5.65 Å². The van der Waals surface area contributed by atoms with E-state index in [1.807, 2.05) is 23.6 Å². The Morgan fingerprint density at radius 1 is 1.44 bits per heavy atom. The second kappa shape index (κ2) is 2.97. The van der Waals surface area contributed by atoms with Crippen LogP contribution in [0.25, 0.3) is 5.65 Å². The van der Waals surface area contributed by atoms with E-state index in [2.05, 4.69) is 4.98 Å². The lowest BCUT2D eigenvalue weighted by atomic mass is 10.3. The number of aryl methyl sites for hydroxylation is 1. The molecule has 1 fully saturated rings. The van der Waals surface area contributed by atoms with Gasteiger partial charge in [0.2, 0.25) is 0 Å². The predicted octanol–water partition coefficient (Wildman–Crippen LogP) is 2.61. The Bertz CT molecular complexity index is 557. The summed E-state index contributed by atoms with van der Waals surface area (Å²) in [5.74, 6) is 0.690. The van der Waals surface area contributed by atoms with Gasteiger partial charge in [0.05, 0.1) is 12.8 Å². The van der Waals surface area contributed by atoms with E-state index in [4.69, 9.17) is 4.74 Å². The SMILES string of the molecule is COc1cc(C)cn2cc(C3(F)CC3)nc12. The van der Waals surface area contributed by atoms with Crippen LogP contribution in [0, 0.1) is 6.92 Å². The zero-order valence-corrected chi connectivity index (χ0v) is 9.33. The number of methoxy groups -OCH3 is 1. The average molecular weight is 220 g/mol. The van der Waals surface area contributed by atoms with Crippen molar-refractivity contribution in [2.24, 2.45) is 0 Å². The Labute approximate surface area is 92.9 Å². The van der Waals surface area contributed by atoms with Crippen LogP contribution in [0.3, 0.4) is 0 Å². The van der Waals surface area contributed by atoms with E-state index in [1.54, 1.807) is 13.3 Å². The first-order valence-corrected chi connectivity index (χ1v) is 5.35. The molecule has 16 heavy (non-hydrogen) atoms. The minimum Gasteiger partial charge on any atom is -0.493 e. The highest BCUT2D eigenvalue weighted by molar-refractivity contribution is 5.56. The van der Waals surface area contributed by atoms with Gasteiger partial charge in [-0.15, -0.1) is 0 Å². The predicted molar refractivity (Wildman–Crippen MR) is 58.5 cm³/mol. The summed E-state index contributed by atoms with van der Waals surface area (Å²) in [6, 6.07) is 1.91. The molecule has 2 aromatic heterocycles. The highest BCUT2D eigenvalue weighted by Crippen LogP contribution is 2.49. The molecule has 0 aliphatic heterocycles. The van der Waals surface area contributed by atoms with Crippen LogP contribution in [0.1, 0.15) is 24.1 Å². The van der Waals surface area contributed by atoms with Crippen LogP contribution in [0.5, 0.6) is 5.75 Å². The van der Waals surface area contributed by atoms with Gasteiger partial charge in [0.25, 0.3) is 0 Å². The average Bonchev–Trinajstić information content (AvgIpc) is 2.86. The van der Waals surface area contributed by atoms with Gasteiger partial charge in [-0.2, -0.15) is 0 Å². The van der Waals surface area contributed by atoms with Crippen LogP contribution < -0.4 is 4.74 Å². The molecule has 2 heterocycles. The minimum atomic E-state index is -1.19. The van der Waals surface area contributed by atoms with Gasteiger partial charge in [0.15, 0.2) is 17.1 Å². The summed E-state index contributed by atoms with van der Waals surface area (Å²) in [5.41, 5.74) is 1.09. The Balaban J connectivity index is 2.23. The normalized spacial score (nSPS) is 17.7. The van der Waals surface area contributed by atoms with Crippen LogP contribution in [-0.4, -0.2) is 16.5 Å². The van der Waals surface area contributed by atoms with Crippen molar-refractivity contribution in [2.75, 3.05) is 7.11 Å². The third kappa shape index (κ3) is 1.29. The molecule has 0 atom stereocenters. The van der Waals surface area contributed by atoms with E-state index in [0.29, 0.717) is 29.9 Å². The van der Waals surface area contributed by atoms with Crippen molar-refractivity contribution < 1.29 is 9.13 Å². The van der Waals surface area contributed by atoms with Crippen molar-refractivity contribution in [1.82, 2.24) is 9.38 Å². The van der Waals surface area contributed by atoms with E-state index in [1.165, 1.54) is 0 Å². The summed E-state index contributed by atoms with van der Waals surface area (Å²) in [7, 11) is 1.60. The molecule has 0 bridgehead atoms. The first-order chi connectivity index (χ1) is 7.62. The van der Waals surface area contributed by atoms with Gasteiger partial charge in [0.1, 0.15) is 0 Å². The highest BCUT2D eigenvalue weighted by atomic mass is 19.1. The third-order valence-corrected chi connectivity index (χ3v) is 3.02. The van der Waals surface area contributed by atoms with Crippen LogP contribution in [0.4, 0.5) is 4.39 Å². The third-order valence-electron chi connectivity index (χ3n) is 3.02. The van der Waals surface area contributed by atoms with Crippen molar-refractivity contribution in [3.05, 3.63) is 29.7 Å². The molecule has 0 aromatic carbocycles. The number of imidazole rings is 1. The molecule has 84 valence electrons. The summed E-state index contributed by atoms with van der Waals surface area (Å²) < 4.78 is 21.0. The zero-order chi connectivity index (χ0) is 11.3. The summed E-state index contributed by atoms with van der Waals surface area (Å²) >= 11 is 0. The van der Waals surface area contributed by atoms with Crippen molar-refractivity contribution in [3.8, 4) is 5.75 Å². The number of aromatic nitrogens is 2. The van der Waals surface area contributed by atoms with Gasteiger partial charge in [-0.05, 0) is 31.4 Å². The number of ether oxygens (including phenoxy) is 1. The van der Waals surface area contributed by atoms with Gasteiger partial charge < -0.3 is 9.14 Å². The van der Waals surface area contributed by atoms with Crippen LogP contribution in [-0.2, 0) is 5.67 Å². The maximum Gasteiger partial charge on any atom is 0.180 e. The first kappa shape index (κ1) is 9.63. The molecule has 0 spiro atoms. The fraction of sp³-hybridized carbons (Fsp3) is 0.417. The lowest BCUT2D eigenvalue weighted by Gasteiger charge is -2.03. The number of fused-ring (bicyclic) bond motifs is 1. The monoisotopic (exact) mass is 220 g/mol. The molecular weight excluding hydrogens is 207 g/mol. The molecule has 0 N–H and O–H groups in total. The smallest absolute Gasteiger partial charge is 0.180 e. The Kier molecular flexibility index (Phi) is 1.79. The number of halogens is 1. The summed E-state index contributed by atoms with van der Waals surface area (Å²) in [6.45, 7) is 1.98. The number of hydrogen-bond donors (Lipinski definition) is 0. The largest absolute Gasteiger partial charge is 0.493 e. The number of hydrogen-bond acceptors (Lipinski definition) is 2. The zero-order valence-electron chi connectivity index (χ0n) is 9.33. The van der Waals surface area contributed by atoms with E-state index in [-0.39, 0.29) is 0 Å². The fourth-order valence-corrected chi connectivity index (χ4v) is 1.93. The molecule has 3 rings (SSSR count). The van der Waals surface area contributed by atoms with Gasteiger partial charge >= 0.3 is 0 Å². The number of rotatable bonds is 2. The topological polar surface area (TPSA) is 26.5 Å². The van der Waals surface area contributed by atoms with E-state index in [9.17, 15) is 4.39 Å². The molecule has 1 aliphatic carbocycles. The van der Waals surface area contributed by atoms with E-state index in [0.717, 1.165) is 5.56 Å². The van der Waals surface area contributed by atoms with Gasteiger partial charge in [-0.25, -0.2) is 9.37 Å². The number of pyridine rings is 1. The molecule has 0 saturated heterocycles. The molecular formula is C12H13FN2O. The molecule has 1 saturated carbocycles. The van der Waals surface area contributed by atoms with E-state index >= 15 is 0 Å². The minimum absolute atomic E-state index is 0.524. The Morgan fingerprint density at radius 2 is 2.19 bits per heavy atom. The molecule has 0 radical (unpaired) electrons. The summed E-state index contributed by atoms with van der Waals surface area (Å²) in [5, 5.41) is 0. The summed E-state index contributed by atoms with van der Waals surface area (Å²) in [6.07, 6.45) is 4.86.